The first-order valence-corrected chi connectivity index (χ1v) is 7.45. The van der Waals surface area contributed by atoms with Gasteiger partial charge in [-0.1, -0.05) is 35.2 Å². The quantitative estimate of drug-likeness (QED) is 0.696. The third-order valence-corrected chi connectivity index (χ3v) is 4.66. The Morgan fingerprint density at radius 1 is 1.44 bits per heavy atom. The Kier molecular flexibility index (Phi) is 5.09. The number of thioether (sulfide) groups is 1. The highest BCUT2D eigenvalue weighted by molar-refractivity contribution is 7.98. The molecule has 0 aromatic carbocycles. The van der Waals surface area contributed by atoms with Gasteiger partial charge < -0.3 is 5.11 Å². The van der Waals surface area contributed by atoms with Gasteiger partial charge in [0.25, 0.3) is 0 Å². The van der Waals surface area contributed by atoms with Crippen molar-refractivity contribution in [3.63, 3.8) is 0 Å². The van der Waals surface area contributed by atoms with E-state index in [-0.39, 0.29) is 6.61 Å². The largest absolute Gasteiger partial charge is 0.384 e. The molecule has 0 fully saturated rings. The monoisotopic (exact) mass is 295 g/mol. The molecule has 18 heavy (non-hydrogen) atoms. The maximum Gasteiger partial charge on any atom is 0.115 e. The van der Waals surface area contributed by atoms with Gasteiger partial charge in [0.1, 0.15) is 11.6 Å². The fraction of sp³-hybridized carbons (Fsp3) is 0.154. The van der Waals surface area contributed by atoms with Gasteiger partial charge in [0.2, 0.25) is 0 Å². The number of aliphatic hydroxyl groups excluding tert-OH is 1. The van der Waals surface area contributed by atoms with Crippen LogP contribution in [0.3, 0.4) is 0 Å². The number of hydrogen-bond donors (Lipinski definition) is 1. The van der Waals surface area contributed by atoms with Gasteiger partial charge in [-0.05, 0) is 23.6 Å². The van der Waals surface area contributed by atoms with Crippen LogP contribution >= 0.6 is 34.7 Å². The zero-order valence-electron chi connectivity index (χ0n) is 9.39. The molecule has 0 amide bonds. The van der Waals surface area contributed by atoms with E-state index < -0.39 is 0 Å². The van der Waals surface area contributed by atoms with Crippen molar-refractivity contribution in [2.45, 2.75) is 10.8 Å². The summed E-state index contributed by atoms with van der Waals surface area (Å²) in [6.45, 7) is -0.117. The van der Waals surface area contributed by atoms with Gasteiger partial charge in [0.05, 0.1) is 5.02 Å². The molecule has 2 heterocycles. The number of hydrogen-bond acceptors (Lipinski definition) is 4. The molecule has 0 aliphatic rings. The first-order chi connectivity index (χ1) is 8.81. The van der Waals surface area contributed by atoms with Crippen molar-refractivity contribution in [3.8, 4) is 11.8 Å². The van der Waals surface area contributed by atoms with Crippen molar-refractivity contribution in [1.29, 1.82) is 0 Å². The Balaban J connectivity index is 2.07. The van der Waals surface area contributed by atoms with Gasteiger partial charge in [-0.2, -0.15) is 0 Å². The van der Waals surface area contributed by atoms with Gasteiger partial charge in [-0.15, -0.1) is 11.3 Å². The highest BCUT2D eigenvalue weighted by Gasteiger charge is 2.06. The molecule has 2 aromatic heterocycles. The summed E-state index contributed by atoms with van der Waals surface area (Å²) in [5, 5.41) is 12.2. The molecule has 2 aromatic rings. The van der Waals surface area contributed by atoms with Gasteiger partial charge >= 0.3 is 0 Å². The van der Waals surface area contributed by atoms with E-state index in [1.807, 2.05) is 23.6 Å². The Morgan fingerprint density at radius 3 is 3.11 bits per heavy atom. The lowest BCUT2D eigenvalue weighted by atomic mass is 10.3. The van der Waals surface area contributed by atoms with Crippen molar-refractivity contribution in [3.05, 3.63) is 45.2 Å². The van der Waals surface area contributed by atoms with Gasteiger partial charge in [-0.3, -0.25) is 0 Å². The van der Waals surface area contributed by atoms with Crippen LogP contribution in [0.2, 0.25) is 5.02 Å². The molecule has 0 aliphatic carbocycles. The summed E-state index contributed by atoms with van der Waals surface area (Å²) in [7, 11) is 0. The fourth-order valence-electron chi connectivity index (χ4n) is 1.31. The van der Waals surface area contributed by atoms with Crippen molar-refractivity contribution >= 4 is 34.7 Å². The minimum atomic E-state index is -0.117. The van der Waals surface area contributed by atoms with E-state index in [0.29, 0.717) is 5.02 Å². The van der Waals surface area contributed by atoms with Crippen molar-refractivity contribution in [1.82, 2.24) is 4.98 Å². The molecule has 0 bridgehead atoms. The number of aromatic nitrogens is 1. The zero-order chi connectivity index (χ0) is 12.8. The average Bonchev–Trinajstić information content (AvgIpc) is 2.83. The number of rotatable bonds is 3. The maximum absolute atomic E-state index is 8.70. The second-order valence-corrected chi connectivity index (χ2v) is 5.67. The smallest absolute Gasteiger partial charge is 0.115 e. The van der Waals surface area contributed by atoms with Crippen molar-refractivity contribution in [2.24, 2.45) is 0 Å². The number of nitrogens with zero attached hydrogens (tertiary/aromatic N) is 1. The van der Waals surface area contributed by atoms with Crippen LogP contribution < -0.4 is 0 Å². The molecular formula is C13H10ClNOS2. The van der Waals surface area contributed by atoms with Crippen molar-refractivity contribution < 1.29 is 5.11 Å². The Hall–Kier alpha value is -0.990. The summed E-state index contributed by atoms with van der Waals surface area (Å²) in [6, 6.07) is 5.61. The first kappa shape index (κ1) is 13.4. The zero-order valence-corrected chi connectivity index (χ0v) is 11.8. The highest BCUT2D eigenvalue weighted by atomic mass is 35.5. The summed E-state index contributed by atoms with van der Waals surface area (Å²) in [4.78, 5) is 5.40. The third kappa shape index (κ3) is 3.50. The second kappa shape index (κ2) is 6.81. The summed E-state index contributed by atoms with van der Waals surface area (Å²) in [5.74, 6) is 6.38. The van der Waals surface area contributed by atoms with Crippen LogP contribution in [0.25, 0.3) is 0 Å². The number of aliphatic hydroxyl groups is 1. The summed E-state index contributed by atoms with van der Waals surface area (Å²) >= 11 is 9.29. The standard InChI is InChI=1S/C13H10ClNOS2/c14-11-4-1-6-15-13(11)18-9-12-10(3-2-7-16)5-8-17-12/h1,4-6,8,16H,7,9H2. The molecule has 5 heteroatoms. The summed E-state index contributed by atoms with van der Waals surface area (Å²) < 4.78 is 0. The van der Waals surface area contributed by atoms with E-state index in [1.165, 1.54) is 4.88 Å². The molecule has 0 atom stereocenters. The van der Waals surface area contributed by atoms with Crippen LogP contribution in [0.15, 0.2) is 34.8 Å². The summed E-state index contributed by atoms with van der Waals surface area (Å²) in [6.07, 6.45) is 1.73. The van der Waals surface area contributed by atoms with Gasteiger partial charge in [0.15, 0.2) is 0 Å². The molecule has 0 unspecified atom stereocenters. The lowest BCUT2D eigenvalue weighted by Gasteiger charge is -2.01. The topological polar surface area (TPSA) is 33.1 Å². The van der Waals surface area contributed by atoms with E-state index >= 15 is 0 Å². The molecule has 0 saturated heterocycles. The van der Waals surface area contributed by atoms with E-state index in [9.17, 15) is 0 Å². The molecule has 0 radical (unpaired) electrons. The van der Waals surface area contributed by atoms with Crippen LogP contribution in [0.1, 0.15) is 10.4 Å². The Morgan fingerprint density at radius 2 is 2.33 bits per heavy atom. The van der Waals surface area contributed by atoms with E-state index in [2.05, 4.69) is 16.8 Å². The van der Waals surface area contributed by atoms with Crippen molar-refractivity contribution in [2.75, 3.05) is 6.61 Å². The fourth-order valence-corrected chi connectivity index (χ4v) is 3.42. The van der Waals surface area contributed by atoms with E-state index in [4.69, 9.17) is 16.7 Å². The van der Waals surface area contributed by atoms with E-state index in [0.717, 1.165) is 16.3 Å². The Labute approximate surface area is 119 Å². The third-order valence-electron chi connectivity index (χ3n) is 2.11. The minimum absolute atomic E-state index is 0.117. The molecular weight excluding hydrogens is 286 g/mol. The number of thiophene rings is 1. The molecule has 0 saturated carbocycles. The normalized spacial score (nSPS) is 9.89. The molecule has 1 N–H and O–H groups in total. The SMILES string of the molecule is OCC#Cc1ccsc1CSc1ncccc1Cl. The highest BCUT2D eigenvalue weighted by Crippen LogP contribution is 2.30. The van der Waals surface area contributed by atoms with E-state index in [1.54, 1.807) is 29.3 Å². The summed E-state index contributed by atoms with van der Waals surface area (Å²) in [5.41, 5.74) is 0.966. The molecule has 92 valence electrons. The number of pyridine rings is 1. The minimum Gasteiger partial charge on any atom is -0.384 e. The lowest BCUT2D eigenvalue weighted by molar-refractivity contribution is 0.350. The average molecular weight is 296 g/mol. The van der Waals surface area contributed by atoms with Crippen LogP contribution in [-0.4, -0.2) is 16.7 Å². The second-order valence-electron chi connectivity index (χ2n) is 3.30. The van der Waals surface area contributed by atoms with Gasteiger partial charge in [0, 0.05) is 22.4 Å². The van der Waals surface area contributed by atoms with Crippen LogP contribution in [0.4, 0.5) is 0 Å². The van der Waals surface area contributed by atoms with Gasteiger partial charge in [-0.25, -0.2) is 4.98 Å². The maximum atomic E-state index is 8.70. The predicted molar refractivity (Wildman–Crippen MR) is 77.1 cm³/mol. The molecule has 0 aliphatic heterocycles. The lowest BCUT2D eigenvalue weighted by Crippen LogP contribution is -1.84. The number of halogens is 1. The predicted octanol–water partition coefficient (Wildman–Crippen LogP) is 3.43. The molecule has 2 nitrogen and oxygen atoms in total. The van der Waals surface area contributed by atoms with Crippen LogP contribution in [0, 0.1) is 11.8 Å². The van der Waals surface area contributed by atoms with Crippen LogP contribution in [-0.2, 0) is 5.75 Å². The molecule has 0 spiro atoms. The first-order valence-electron chi connectivity index (χ1n) is 5.20. The van der Waals surface area contributed by atoms with Crippen LogP contribution in [0.5, 0.6) is 0 Å². The molecule has 2 rings (SSSR count). The Bertz CT molecular complexity index is 586.